The number of nitro groups is 1. The van der Waals surface area contributed by atoms with Gasteiger partial charge in [0.25, 0.3) is 11.6 Å². The Kier molecular flexibility index (Phi) is 8.02. The summed E-state index contributed by atoms with van der Waals surface area (Å²) in [5.41, 5.74) is 4.61. The molecule has 0 atom stereocenters. The summed E-state index contributed by atoms with van der Waals surface area (Å²) in [7, 11) is 0. The second kappa shape index (κ2) is 11.8. The predicted molar refractivity (Wildman–Crippen MR) is 158 cm³/mol. The highest BCUT2D eigenvalue weighted by molar-refractivity contribution is 6.41. The third-order valence-corrected chi connectivity index (χ3v) is 6.84. The quantitative estimate of drug-likeness (QED) is 0.0645. The number of hydrogen-bond acceptors (Lipinski definition) is 6. The van der Waals surface area contributed by atoms with E-state index in [-0.39, 0.29) is 22.7 Å². The monoisotopic (exact) mass is 606 g/mol. The zero-order valence-electron chi connectivity index (χ0n) is 20.7. The number of aromatic nitrogens is 1. The van der Waals surface area contributed by atoms with Crippen molar-refractivity contribution in [3.05, 3.63) is 127 Å². The van der Waals surface area contributed by atoms with E-state index in [0.717, 1.165) is 0 Å². The van der Waals surface area contributed by atoms with E-state index in [4.69, 9.17) is 39.5 Å². The molecule has 0 fully saturated rings. The van der Waals surface area contributed by atoms with Gasteiger partial charge in [0.15, 0.2) is 0 Å². The van der Waals surface area contributed by atoms with E-state index in [0.29, 0.717) is 42.7 Å². The fourth-order valence-corrected chi connectivity index (χ4v) is 4.94. The highest BCUT2D eigenvalue weighted by Crippen LogP contribution is 2.41. The van der Waals surface area contributed by atoms with Gasteiger partial charge >= 0.3 is 5.97 Å². The summed E-state index contributed by atoms with van der Waals surface area (Å²) in [6.07, 6.45) is 1.32. The molecular formula is C29H17Cl3N4O5. The Bertz CT molecular complexity index is 1850. The van der Waals surface area contributed by atoms with Gasteiger partial charge in [0, 0.05) is 49.8 Å². The Morgan fingerprint density at radius 3 is 2.37 bits per heavy atom. The number of aromatic amines is 1. The third kappa shape index (κ3) is 5.92. The first-order chi connectivity index (χ1) is 19.7. The lowest BCUT2D eigenvalue weighted by Gasteiger charge is -2.08. The number of para-hydroxylation sites is 1. The van der Waals surface area contributed by atoms with Crippen LogP contribution >= 0.6 is 34.8 Å². The molecule has 0 radical (unpaired) electrons. The van der Waals surface area contributed by atoms with Crippen LogP contribution in [0.25, 0.3) is 22.0 Å². The van der Waals surface area contributed by atoms with Crippen molar-refractivity contribution < 1.29 is 19.2 Å². The van der Waals surface area contributed by atoms with Crippen LogP contribution in [0.3, 0.4) is 0 Å². The van der Waals surface area contributed by atoms with Gasteiger partial charge in [-0.25, -0.2) is 10.2 Å². The number of benzene rings is 4. The van der Waals surface area contributed by atoms with E-state index in [9.17, 15) is 19.7 Å². The number of esters is 1. The number of fused-ring (bicyclic) bond motifs is 1. The lowest BCUT2D eigenvalue weighted by molar-refractivity contribution is -0.384. The molecule has 0 saturated heterocycles. The number of nitro benzene ring substituents is 1. The Hall–Kier alpha value is -4.70. The Balaban J connectivity index is 1.40. The zero-order chi connectivity index (χ0) is 29.1. The van der Waals surface area contributed by atoms with Gasteiger partial charge in [0.2, 0.25) is 0 Å². The van der Waals surface area contributed by atoms with Crippen LogP contribution < -0.4 is 10.2 Å². The summed E-state index contributed by atoms with van der Waals surface area (Å²) in [5.74, 6) is -1.14. The molecule has 0 unspecified atom stereocenters. The number of halogens is 3. The number of ether oxygens (including phenoxy) is 1. The number of carbonyl (C=O) groups is 2. The van der Waals surface area contributed by atoms with Crippen LogP contribution in [0.4, 0.5) is 5.69 Å². The number of nitrogens with one attached hydrogen (secondary N) is 2. The van der Waals surface area contributed by atoms with Crippen molar-refractivity contribution in [2.45, 2.75) is 0 Å². The molecule has 0 aliphatic heterocycles. The first kappa shape index (κ1) is 27.9. The summed E-state index contributed by atoms with van der Waals surface area (Å²) in [6.45, 7) is 0. The molecule has 0 aliphatic carbocycles. The van der Waals surface area contributed by atoms with Crippen molar-refractivity contribution in [2.75, 3.05) is 0 Å². The van der Waals surface area contributed by atoms with Gasteiger partial charge in [-0.1, -0.05) is 65.1 Å². The number of hydrazone groups is 1. The Labute approximate surface area is 247 Å². The molecule has 2 N–H and O–H groups in total. The minimum absolute atomic E-state index is 0.125. The van der Waals surface area contributed by atoms with Crippen molar-refractivity contribution in [3.63, 3.8) is 0 Å². The Morgan fingerprint density at radius 2 is 1.63 bits per heavy atom. The molecule has 204 valence electrons. The summed E-state index contributed by atoms with van der Waals surface area (Å²) in [5, 5.41) is 16.6. The SMILES string of the molecule is O=C(Oc1ccccc1C=NNC(=O)c1[nH]c2cc(Cl)cc(Cl)c2c1-c1ccccc1Cl)c1ccc([N+](=O)[O-])cc1. The number of non-ortho nitro benzene ring substituents is 1. The summed E-state index contributed by atoms with van der Waals surface area (Å²) in [4.78, 5) is 39.3. The Morgan fingerprint density at radius 1 is 0.927 bits per heavy atom. The number of carbonyl (C=O) groups excluding carboxylic acids is 2. The first-order valence-electron chi connectivity index (χ1n) is 11.9. The molecule has 1 amide bonds. The highest BCUT2D eigenvalue weighted by atomic mass is 35.5. The molecule has 0 saturated carbocycles. The van der Waals surface area contributed by atoms with Crippen LogP contribution in [0, 0.1) is 10.1 Å². The maximum absolute atomic E-state index is 13.3. The average Bonchev–Trinajstić information content (AvgIpc) is 3.33. The topological polar surface area (TPSA) is 127 Å². The van der Waals surface area contributed by atoms with E-state index >= 15 is 0 Å². The smallest absolute Gasteiger partial charge is 0.343 e. The molecule has 1 heterocycles. The first-order valence-corrected chi connectivity index (χ1v) is 13.0. The van der Waals surface area contributed by atoms with E-state index in [1.165, 1.54) is 30.5 Å². The van der Waals surface area contributed by atoms with Crippen molar-refractivity contribution >= 4 is 69.5 Å². The van der Waals surface area contributed by atoms with Gasteiger partial charge in [-0.3, -0.25) is 14.9 Å². The molecule has 41 heavy (non-hydrogen) atoms. The molecule has 9 nitrogen and oxygen atoms in total. The number of amides is 1. The van der Waals surface area contributed by atoms with Crippen molar-refractivity contribution in [2.24, 2.45) is 5.10 Å². The second-order valence-corrected chi connectivity index (χ2v) is 9.85. The predicted octanol–water partition coefficient (Wildman–Crippen LogP) is 7.69. The minimum Gasteiger partial charge on any atom is -0.422 e. The standard InChI is InChI=1S/C29H17Cl3N4O5/c30-18-13-22(32)26-23(14-18)34-27(25(26)20-6-2-3-7-21(20)31)28(37)35-33-15-17-5-1-4-8-24(17)41-29(38)16-9-11-19(12-10-16)36(39)40/h1-15,34H,(H,35,37). The maximum atomic E-state index is 13.3. The fourth-order valence-electron chi connectivity index (χ4n) is 4.13. The fraction of sp³-hybridized carbons (Fsp3) is 0. The van der Waals surface area contributed by atoms with Crippen molar-refractivity contribution in [1.82, 2.24) is 10.4 Å². The van der Waals surface area contributed by atoms with Crippen molar-refractivity contribution in [3.8, 4) is 16.9 Å². The molecule has 1 aromatic heterocycles. The molecule has 5 aromatic rings. The number of H-pyrrole nitrogens is 1. The zero-order valence-corrected chi connectivity index (χ0v) is 23.0. The van der Waals surface area contributed by atoms with E-state index in [1.54, 1.807) is 60.7 Å². The van der Waals surface area contributed by atoms with E-state index in [1.807, 2.05) is 0 Å². The molecule has 5 rings (SSSR count). The van der Waals surface area contributed by atoms with Crippen LogP contribution in [0.15, 0.2) is 90.0 Å². The molecule has 12 heteroatoms. The lowest BCUT2D eigenvalue weighted by Crippen LogP contribution is -2.19. The van der Waals surface area contributed by atoms with E-state index < -0.39 is 16.8 Å². The highest BCUT2D eigenvalue weighted by Gasteiger charge is 2.23. The molecular weight excluding hydrogens is 591 g/mol. The minimum atomic E-state index is -0.720. The summed E-state index contributed by atoms with van der Waals surface area (Å²) in [6, 6.07) is 21.8. The maximum Gasteiger partial charge on any atom is 0.343 e. The average molecular weight is 608 g/mol. The van der Waals surface area contributed by atoms with Crippen LogP contribution in [0.5, 0.6) is 5.75 Å². The van der Waals surface area contributed by atoms with Gasteiger partial charge in [-0.2, -0.15) is 5.10 Å². The van der Waals surface area contributed by atoms with Gasteiger partial charge in [0.05, 0.1) is 21.7 Å². The molecule has 0 spiro atoms. The van der Waals surface area contributed by atoms with Crippen LogP contribution in [0.2, 0.25) is 15.1 Å². The van der Waals surface area contributed by atoms with Crippen LogP contribution in [-0.2, 0) is 0 Å². The van der Waals surface area contributed by atoms with Gasteiger partial charge in [0.1, 0.15) is 11.4 Å². The van der Waals surface area contributed by atoms with Gasteiger partial charge in [-0.15, -0.1) is 0 Å². The second-order valence-electron chi connectivity index (χ2n) is 8.60. The normalized spacial score (nSPS) is 11.1. The summed E-state index contributed by atoms with van der Waals surface area (Å²) >= 11 is 19.2. The number of rotatable bonds is 7. The van der Waals surface area contributed by atoms with Crippen LogP contribution in [-0.4, -0.2) is 28.0 Å². The summed E-state index contributed by atoms with van der Waals surface area (Å²) < 4.78 is 5.47. The molecule has 0 bridgehead atoms. The van der Waals surface area contributed by atoms with Gasteiger partial charge < -0.3 is 9.72 Å². The largest absolute Gasteiger partial charge is 0.422 e. The number of hydrogen-bond donors (Lipinski definition) is 2. The van der Waals surface area contributed by atoms with E-state index in [2.05, 4.69) is 15.5 Å². The van der Waals surface area contributed by atoms with Gasteiger partial charge in [-0.05, 0) is 42.5 Å². The molecule has 0 aliphatic rings. The lowest BCUT2D eigenvalue weighted by atomic mass is 10.0. The van der Waals surface area contributed by atoms with Crippen molar-refractivity contribution in [1.29, 1.82) is 0 Å². The third-order valence-electron chi connectivity index (χ3n) is 5.99. The number of nitrogens with zero attached hydrogens (tertiary/aromatic N) is 2. The van der Waals surface area contributed by atoms with Crippen LogP contribution in [0.1, 0.15) is 26.4 Å². The molecule has 4 aromatic carbocycles.